The van der Waals surface area contributed by atoms with Crippen LogP contribution in [0.2, 0.25) is 0 Å². The number of phosphoric acid groups is 1. The Morgan fingerprint density at radius 3 is 1.43 bits per heavy atom. The number of esters is 1. The summed E-state index contributed by atoms with van der Waals surface area (Å²) in [6.45, 7) is 5.42. The maximum absolute atomic E-state index is 12.6. The molecule has 0 N–H and O–H groups in total. The van der Waals surface area contributed by atoms with E-state index in [9.17, 15) is 14.3 Å². The lowest BCUT2D eigenvalue weighted by molar-refractivity contribution is -0.870. The lowest BCUT2D eigenvalue weighted by Crippen LogP contribution is -2.37. The van der Waals surface area contributed by atoms with Gasteiger partial charge in [0, 0.05) is 13.0 Å². The molecule has 0 radical (unpaired) electrons. The molecule has 0 fully saturated rings. The summed E-state index contributed by atoms with van der Waals surface area (Å²) in [5, 5.41) is 0. The van der Waals surface area contributed by atoms with Crippen molar-refractivity contribution in [3.05, 3.63) is 0 Å². The molecule has 0 spiro atoms. The molecule has 0 aliphatic rings. The minimum atomic E-state index is -4.50. The summed E-state index contributed by atoms with van der Waals surface area (Å²) in [6.07, 6.45) is 29.6. The minimum absolute atomic E-state index is 0.0308. The third kappa shape index (κ3) is 34.8. The summed E-state index contributed by atoms with van der Waals surface area (Å²) in [5.41, 5.74) is 0. The average Bonchev–Trinajstić information content (AvgIpc) is 2.99. The highest BCUT2D eigenvalue weighted by Crippen LogP contribution is 2.38. The van der Waals surface area contributed by atoms with E-state index >= 15 is 0 Å². The third-order valence-electron chi connectivity index (χ3n) is 8.41. The molecule has 0 bridgehead atoms. The number of rotatable bonds is 36. The van der Waals surface area contributed by atoms with Crippen molar-refractivity contribution in [2.45, 2.75) is 180 Å². The van der Waals surface area contributed by atoms with Gasteiger partial charge in [-0.15, -0.1) is 0 Å². The average molecular weight is 678 g/mol. The highest BCUT2D eigenvalue weighted by Gasteiger charge is 2.20. The van der Waals surface area contributed by atoms with Gasteiger partial charge in [0.15, 0.2) is 0 Å². The number of hydrogen-bond acceptors (Lipinski definition) is 7. The molecule has 0 saturated heterocycles. The number of unbranched alkanes of at least 4 members (excludes halogenated alkanes) is 22. The minimum Gasteiger partial charge on any atom is -0.756 e. The second-order valence-corrected chi connectivity index (χ2v) is 15.7. The monoisotopic (exact) mass is 678 g/mol. The van der Waals surface area contributed by atoms with E-state index in [-0.39, 0.29) is 25.8 Å². The largest absolute Gasteiger partial charge is 0.756 e. The van der Waals surface area contributed by atoms with Crippen LogP contribution >= 0.6 is 7.82 Å². The molecule has 8 nitrogen and oxygen atoms in total. The number of ether oxygens (including phenoxy) is 2. The van der Waals surface area contributed by atoms with Crippen molar-refractivity contribution < 1.29 is 37.3 Å². The second kappa shape index (κ2) is 31.7. The van der Waals surface area contributed by atoms with Gasteiger partial charge in [-0.3, -0.25) is 9.36 Å². The van der Waals surface area contributed by atoms with Gasteiger partial charge in [0.25, 0.3) is 7.82 Å². The van der Waals surface area contributed by atoms with Gasteiger partial charge in [-0.25, -0.2) is 0 Å². The van der Waals surface area contributed by atoms with Crippen LogP contribution in [0.15, 0.2) is 0 Å². The predicted molar refractivity (Wildman–Crippen MR) is 190 cm³/mol. The van der Waals surface area contributed by atoms with E-state index in [0.29, 0.717) is 24.1 Å². The van der Waals surface area contributed by atoms with E-state index in [1.807, 2.05) is 21.1 Å². The molecule has 2 unspecified atom stereocenters. The number of carbonyl (C=O) groups is 1. The Labute approximate surface area is 285 Å². The van der Waals surface area contributed by atoms with E-state index < -0.39 is 13.9 Å². The lowest BCUT2D eigenvalue weighted by Gasteiger charge is -2.28. The van der Waals surface area contributed by atoms with Crippen LogP contribution < -0.4 is 4.89 Å². The molecule has 0 amide bonds. The van der Waals surface area contributed by atoms with Crippen LogP contribution in [0.25, 0.3) is 0 Å². The maximum Gasteiger partial charge on any atom is 0.306 e. The van der Waals surface area contributed by atoms with Gasteiger partial charge < -0.3 is 27.9 Å². The number of carbonyl (C=O) groups excluding carboxylic acids is 1. The predicted octanol–water partition coefficient (Wildman–Crippen LogP) is 9.91. The zero-order valence-electron chi connectivity index (χ0n) is 31.0. The number of hydrogen-bond donors (Lipinski definition) is 0. The first-order valence-electron chi connectivity index (χ1n) is 19.3. The Kier molecular flexibility index (Phi) is 31.4. The number of quaternary nitrogens is 1. The summed E-state index contributed by atoms with van der Waals surface area (Å²) in [4.78, 5) is 24.9. The van der Waals surface area contributed by atoms with E-state index in [4.69, 9.17) is 18.5 Å². The molecular weight excluding hydrogens is 601 g/mol. The molecule has 0 aliphatic carbocycles. The zero-order valence-corrected chi connectivity index (χ0v) is 31.9. The molecule has 46 heavy (non-hydrogen) atoms. The Morgan fingerprint density at radius 2 is 1.00 bits per heavy atom. The van der Waals surface area contributed by atoms with Crippen LogP contribution in [0.4, 0.5) is 0 Å². The fraction of sp³-hybridized carbons (Fsp3) is 0.973. The van der Waals surface area contributed by atoms with Gasteiger partial charge >= 0.3 is 5.97 Å². The quantitative estimate of drug-likeness (QED) is 0.0282. The molecule has 0 aromatic heterocycles. The van der Waals surface area contributed by atoms with Crippen molar-refractivity contribution in [3.8, 4) is 0 Å². The summed E-state index contributed by atoms with van der Waals surface area (Å²) in [5.74, 6) is -0.332. The van der Waals surface area contributed by atoms with Gasteiger partial charge in [0.1, 0.15) is 19.3 Å². The Balaban J connectivity index is 4.23. The van der Waals surface area contributed by atoms with E-state index in [1.54, 1.807) is 0 Å². The van der Waals surface area contributed by atoms with Crippen LogP contribution in [-0.4, -0.2) is 70.7 Å². The van der Waals surface area contributed by atoms with E-state index in [0.717, 1.165) is 32.1 Å². The molecule has 276 valence electrons. The second-order valence-electron chi connectivity index (χ2n) is 14.3. The summed E-state index contributed by atoms with van der Waals surface area (Å²) in [6, 6.07) is 0. The maximum atomic E-state index is 12.6. The first-order valence-corrected chi connectivity index (χ1v) is 20.7. The van der Waals surface area contributed by atoms with Gasteiger partial charge in [-0.2, -0.15) is 0 Å². The van der Waals surface area contributed by atoms with Gasteiger partial charge in [0.05, 0.1) is 34.4 Å². The SMILES string of the molecule is CCCCCCCCCCCCCCCCCC(=O)OC(COCCCCCCCCCCC)COP(=O)([O-])OCC[N+](C)(C)C. The topological polar surface area (TPSA) is 94.1 Å². The number of nitrogens with zero attached hydrogens (tertiary/aromatic N) is 1. The standard InChI is InChI=1S/C37H76NO7P/c1-6-8-10-12-14-16-17-18-19-20-21-22-24-26-28-30-37(39)45-36(35-44-46(40,41)43-33-31-38(3,4)5)34-42-32-29-27-25-23-15-13-11-9-7-2/h36H,6-35H2,1-5H3. The lowest BCUT2D eigenvalue weighted by atomic mass is 10.0. The summed E-state index contributed by atoms with van der Waals surface area (Å²) >= 11 is 0. The smallest absolute Gasteiger partial charge is 0.306 e. The van der Waals surface area contributed by atoms with E-state index in [1.165, 1.54) is 122 Å². The molecule has 2 atom stereocenters. The van der Waals surface area contributed by atoms with Crippen molar-refractivity contribution in [2.24, 2.45) is 0 Å². The van der Waals surface area contributed by atoms with Crippen molar-refractivity contribution >= 4 is 13.8 Å². The normalized spacial score (nSPS) is 14.0. The Bertz CT molecular complexity index is 716. The highest BCUT2D eigenvalue weighted by molar-refractivity contribution is 7.45. The van der Waals surface area contributed by atoms with Crippen molar-refractivity contribution in [1.29, 1.82) is 0 Å². The first-order chi connectivity index (χ1) is 22.1. The molecule has 0 saturated carbocycles. The summed E-state index contributed by atoms with van der Waals surface area (Å²) in [7, 11) is 1.37. The molecule has 0 heterocycles. The van der Waals surface area contributed by atoms with Gasteiger partial charge in [-0.1, -0.05) is 155 Å². The van der Waals surface area contributed by atoms with Crippen molar-refractivity contribution in [3.63, 3.8) is 0 Å². The number of phosphoric ester groups is 1. The molecular formula is C37H76NO7P. The molecule has 0 aromatic carbocycles. The van der Waals surface area contributed by atoms with Gasteiger partial charge in [-0.05, 0) is 12.8 Å². The number of likely N-dealkylation sites (N-methyl/N-ethyl adjacent to an activating group) is 1. The van der Waals surface area contributed by atoms with Crippen molar-refractivity contribution in [1.82, 2.24) is 0 Å². The molecule has 0 aliphatic heterocycles. The van der Waals surface area contributed by atoms with E-state index in [2.05, 4.69) is 13.8 Å². The van der Waals surface area contributed by atoms with Crippen LogP contribution in [0.5, 0.6) is 0 Å². The third-order valence-corrected chi connectivity index (χ3v) is 9.37. The van der Waals surface area contributed by atoms with Crippen LogP contribution in [0.1, 0.15) is 174 Å². The highest BCUT2D eigenvalue weighted by atomic mass is 31.2. The zero-order chi connectivity index (χ0) is 34.2. The van der Waals surface area contributed by atoms with Crippen LogP contribution in [0.3, 0.4) is 0 Å². The summed E-state index contributed by atoms with van der Waals surface area (Å²) < 4.78 is 34.4. The Hall–Kier alpha value is -0.500. The van der Waals surface area contributed by atoms with Crippen LogP contribution in [-0.2, 0) is 27.9 Å². The Morgan fingerprint density at radius 1 is 0.587 bits per heavy atom. The molecule has 0 rings (SSSR count). The molecule has 0 aromatic rings. The fourth-order valence-electron chi connectivity index (χ4n) is 5.37. The van der Waals surface area contributed by atoms with Crippen molar-refractivity contribution in [2.75, 3.05) is 54.1 Å². The fourth-order valence-corrected chi connectivity index (χ4v) is 6.10. The van der Waals surface area contributed by atoms with Gasteiger partial charge in [0.2, 0.25) is 0 Å². The molecule has 9 heteroatoms. The van der Waals surface area contributed by atoms with Crippen LogP contribution in [0, 0.1) is 0 Å². The first kappa shape index (κ1) is 45.5.